The summed E-state index contributed by atoms with van der Waals surface area (Å²) in [6.45, 7) is 1.83. The standard InChI is InChI=1S/C24H25FN4O2S/c1-17(30)29(22-8-6-5-7-21(22)25)24-26-19(16-32-24)11-14-23(31)28(4)15-18-9-12-20(13-10-18)27(2)3/h5-14,16H,15H2,1-4H3/b14-11+. The number of para-hydroxylation sites is 1. The number of nitrogens with zero attached hydrogens (tertiary/aromatic N) is 4. The molecule has 0 saturated carbocycles. The Labute approximate surface area is 191 Å². The van der Waals surface area contributed by atoms with Gasteiger partial charge in [0.2, 0.25) is 11.8 Å². The van der Waals surface area contributed by atoms with E-state index in [1.807, 2.05) is 43.3 Å². The molecule has 8 heteroatoms. The van der Waals surface area contributed by atoms with Crippen LogP contribution in [0.5, 0.6) is 0 Å². The Bertz CT molecular complexity index is 1130. The fourth-order valence-corrected chi connectivity index (χ4v) is 3.88. The van der Waals surface area contributed by atoms with Gasteiger partial charge in [-0.15, -0.1) is 11.3 Å². The molecule has 32 heavy (non-hydrogen) atoms. The lowest BCUT2D eigenvalue weighted by Gasteiger charge is -2.18. The van der Waals surface area contributed by atoms with Gasteiger partial charge < -0.3 is 9.80 Å². The number of carbonyl (C=O) groups excluding carboxylic acids is 2. The second-order valence-electron chi connectivity index (χ2n) is 7.45. The van der Waals surface area contributed by atoms with Crippen LogP contribution in [0, 0.1) is 5.82 Å². The molecule has 2 amide bonds. The van der Waals surface area contributed by atoms with Crippen LogP contribution >= 0.6 is 11.3 Å². The van der Waals surface area contributed by atoms with Crippen LogP contribution in [0.4, 0.5) is 20.9 Å². The minimum Gasteiger partial charge on any atom is -0.378 e. The zero-order chi connectivity index (χ0) is 23.3. The summed E-state index contributed by atoms with van der Waals surface area (Å²) in [5.41, 5.74) is 2.78. The largest absolute Gasteiger partial charge is 0.378 e. The highest BCUT2D eigenvalue weighted by molar-refractivity contribution is 7.14. The summed E-state index contributed by atoms with van der Waals surface area (Å²) in [5, 5.41) is 2.06. The molecule has 1 aromatic heterocycles. The summed E-state index contributed by atoms with van der Waals surface area (Å²) in [6, 6.07) is 14.0. The van der Waals surface area contributed by atoms with Crippen molar-refractivity contribution in [2.45, 2.75) is 13.5 Å². The van der Waals surface area contributed by atoms with Gasteiger partial charge in [-0.2, -0.15) is 0 Å². The van der Waals surface area contributed by atoms with Crippen molar-refractivity contribution in [1.29, 1.82) is 0 Å². The average Bonchev–Trinajstić information content (AvgIpc) is 3.22. The summed E-state index contributed by atoms with van der Waals surface area (Å²) < 4.78 is 14.2. The van der Waals surface area contributed by atoms with Crippen molar-refractivity contribution >= 4 is 45.7 Å². The molecule has 0 fully saturated rings. The summed E-state index contributed by atoms with van der Waals surface area (Å²) >= 11 is 1.20. The molecule has 3 aromatic rings. The minimum atomic E-state index is -0.509. The first-order valence-corrected chi connectivity index (χ1v) is 10.8. The van der Waals surface area contributed by atoms with E-state index < -0.39 is 5.82 Å². The van der Waals surface area contributed by atoms with E-state index in [9.17, 15) is 14.0 Å². The van der Waals surface area contributed by atoms with Gasteiger partial charge in [-0.3, -0.25) is 14.5 Å². The summed E-state index contributed by atoms with van der Waals surface area (Å²) in [5.74, 6) is -1.03. The smallest absolute Gasteiger partial charge is 0.246 e. The highest BCUT2D eigenvalue weighted by Gasteiger charge is 2.20. The maximum Gasteiger partial charge on any atom is 0.246 e. The monoisotopic (exact) mass is 452 g/mol. The fourth-order valence-electron chi connectivity index (χ4n) is 3.03. The first-order valence-electron chi connectivity index (χ1n) is 9.96. The number of halogens is 1. The molecule has 3 rings (SSSR count). The lowest BCUT2D eigenvalue weighted by molar-refractivity contribution is -0.125. The fraction of sp³-hybridized carbons (Fsp3) is 0.208. The Morgan fingerprint density at radius 1 is 1.06 bits per heavy atom. The summed E-state index contributed by atoms with van der Waals surface area (Å²) in [7, 11) is 5.69. The number of hydrogen-bond donors (Lipinski definition) is 0. The zero-order valence-electron chi connectivity index (χ0n) is 18.4. The highest BCUT2D eigenvalue weighted by atomic mass is 32.1. The van der Waals surface area contributed by atoms with E-state index in [2.05, 4.69) is 4.98 Å². The molecule has 0 aliphatic heterocycles. The van der Waals surface area contributed by atoms with Crippen molar-refractivity contribution in [2.24, 2.45) is 0 Å². The average molecular weight is 453 g/mol. The molecule has 166 valence electrons. The van der Waals surface area contributed by atoms with Gasteiger partial charge in [-0.1, -0.05) is 24.3 Å². The van der Waals surface area contributed by atoms with E-state index in [0.29, 0.717) is 17.4 Å². The highest BCUT2D eigenvalue weighted by Crippen LogP contribution is 2.31. The van der Waals surface area contributed by atoms with Gasteiger partial charge in [0.05, 0.1) is 11.4 Å². The van der Waals surface area contributed by atoms with Crippen LogP contribution in [0.2, 0.25) is 0 Å². The Morgan fingerprint density at radius 2 is 1.75 bits per heavy atom. The van der Waals surface area contributed by atoms with Gasteiger partial charge in [0, 0.05) is 51.8 Å². The second-order valence-corrected chi connectivity index (χ2v) is 8.29. The quantitative estimate of drug-likeness (QED) is 0.488. The van der Waals surface area contributed by atoms with Gasteiger partial charge in [-0.25, -0.2) is 9.37 Å². The van der Waals surface area contributed by atoms with Crippen molar-refractivity contribution < 1.29 is 14.0 Å². The van der Waals surface area contributed by atoms with Gasteiger partial charge >= 0.3 is 0 Å². The number of anilines is 3. The second kappa shape index (κ2) is 10.2. The van der Waals surface area contributed by atoms with E-state index in [-0.39, 0.29) is 17.5 Å². The zero-order valence-corrected chi connectivity index (χ0v) is 19.3. The van der Waals surface area contributed by atoms with Crippen molar-refractivity contribution in [1.82, 2.24) is 9.88 Å². The topological polar surface area (TPSA) is 56.8 Å². The van der Waals surface area contributed by atoms with E-state index in [4.69, 9.17) is 0 Å². The molecule has 0 N–H and O–H groups in total. The van der Waals surface area contributed by atoms with Crippen LogP contribution in [0.1, 0.15) is 18.2 Å². The molecule has 0 spiro atoms. The van der Waals surface area contributed by atoms with Crippen molar-refractivity contribution in [3.05, 3.63) is 77.1 Å². The number of carbonyl (C=O) groups is 2. The van der Waals surface area contributed by atoms with E-state index >= 15 is 0 Å². The molecule has 0 aliphatic rings. The SMILES string of the molecule is CC(=O)N(c1nc(/C=C/C(=O)N(C)Cc2ccc(N(C)C)cc2)cs1)c1ccccc1F. The number of benzene rings is 2. The minimum absolute atomic E-state index is 0.140. The third-order valence-corrected chi connectivity index (χ3v) is 5.60. The molecule has 0 aliphatic carbocycles. The first-order chi connectivity index (χ1) is 15.3. The molecule has 0 saturated heterocycles. The maximum atomic E-state index is 14.2. The van der Waals surface area contributed by atoms with Crippen LogP contribution in [0.25, 0.3) is 6.08 Å². The van der Waals surface area contributed by atoms with Crippen LogP contribution in [-0.4, -0.2) is 42.8 Å². The number of likely N-dealkylation sites (N-methyl/N-ethyl adjacent to an activating group) is 1. The van der Waals surface area contributed by atoms with Gasteiger partial charge in [-0.05, 0) is 35.9 Å². The molecule has 2 aromatic carbocycles. The van der Waals surface area contributed by atoms with Gasteiger partial charge in [0.25, 0.3) is 0 Å². The van der Waals surface area contributed by atoms with E-state index in [1.54, 1.807) is 35.5 Å². The predicted octanol–water partition coefficient (Wildman–Crippen LogP) is 4.70. The van der Waals surface area contributed by atoms with E-state index in [1.165, 1.54) is 41.4 Å². The van der Waals surface area contributed by atoms with E-state index in [0.717, 1.165) is 11.3 Å². The van der Waals surface area contributed by atoms with Crippen molar-refractivity contribution in [3.63, 3.8) is 0 Å². The van der Waals surface area contributed by atoms with Crippen LogP contribution in [-0.2, 0) is 16.1 Å². The normalized spacial score (nSPS) is 10.9. The number of amides is 2. The lowest BCUT2D eigenvalue weighted by atomic mass is 10.2. The number of rotatable bonds is 7. The van der Waals surface area contributed by atoms with Crippen molar-refractivity contribution in [3.8, 4) is 0 Å². The van der Waals surface area contributed by atoms with Crippen LogP contribution in [0.3, 0.4) is 0 Å². The van der Waals surface area contributed by atoms with Crippen molar-refractivity contribution in [2.75, 3.05) is 30.9 Å². The Morgan fingerprint density at radius 3 is 2.38 bits per heavy atom. The summed E-state index contributed by atoms with van der Waals surface area (Å²) in [4.78, 5) is 33.9. The Kier molecular flexibility index (Phi) is 7.37. The van der Waals surface area contributed by atoms with Gasteiger partial charge in [0.15, 0.2) is 5.13 Å². The molecule has 6 nitrogen and oxygen atoms in total. The van der Waals surface area contributed by atoms with Gasteiger partial charge in [0.1, 0.15) is 5.82 Å². The third-order valence-electron chi connectivity index (χ3n) is 4.75. The maximum absolute atomic E-state index is 14.2. The molecule has 0 unspecified atom stereocenters. The Hall–Kier alpha value is -3.52. The molecule has 0 bridgehead atoms. The molecule has 0 atom stereocenters. The molecular weight excluding hydrogens is 427 g/mol. The molecule has 1 heterocycles. The molecule has 0 radical (unpaired) electrons. The Balaban J connectivity index is 1.68. The molecular formula is C24H25FN4O2S. The third kappa shape index (κ3) is 5.59. The number of thiazole rings is 1. The lowest BCUT2D eigenvalue weighted by Crippen LogP contribution is -2.24. The first kappa shape index (κ1) is 23.1. The number of hydrogen-bond acceptors (Lipinski definition) is 5. The number of aromatic nitrogens is 1. The van der Waals surface area contributed by atoms with Crippen LogP contribution in [0.15, 0.2) is 60.0 Å². The summed E-state index contributed by atoms with van der Waals surface area (Å²) in [6.07, 6.45) is 3.03. The predicted molar refractivity (Wildman–Crippen MR) is 128 cm³/mol. The van der Waals surface area contributed by atoms with Crippen LogP contribution < -0.4 is 9.80 Å².